The zero-order valence-electron chi connectivity index (χ0n) is 12.7. The fourth-order valence-electron chi connectivity index (χ4n) is 1.90. The molecule has 0 radical (unpaired) electrons. The summed E-state index contributed by atoms with van der Waals surface area (Å²) in [5.74, 6) is -10.6. The van der Waals surface area contributed by atoms with E-state index < -0.39 is 39.8 Å². The van der Waals surface area contributed by atoms with E-state index in [0.717, 1.165) is 0 Å². The van der Waals surface area contributed by atoms with E-state index in [2.05, 4.69) is 0 Å². The van der Waals surface area contributed by atoms with Crippen molar-refractivity contribution in [3.8, 4) is 0 Å². The predicted octanol–water partition coefficient (Wildman–Crippen LogP) is 5.44. The van der Waals surface area contributed by atoms with Crippen LogP contribution in [-0.4, -0.2) is 10.3 Å². The highest BCUT2D eigenvalue weighted by Crippen LogP contribution is 2.35. The minimum absolute atomic E-state index is 0.0749. The highest BCUT2D eigenvalue weighted by atomic mass is 32.2. The Kier molecular flexibility index (Phi) is 5.82. The zero-order chi connectivity index (χ0) is 18.0. The zero-order valence-corrected chi connectivity index (χ0v) is 13.5. The van der Waals surface area contributed by atoms with Crippen LogP contribution in [-0.2, 0) is 6.54 Å². The van der Waals surface area contributed by atoms with Crippen LogP contribution < -0.4 is 0 Å². The second-order valence-electron chi connectivity index (χ2n) is 5.25. The maximum absolute atomic E-state index is 13.8. The molecule has 0 bridgehead atoms. The summed E-state index contributed by atoms with van der Waals surface area (Å²) in [4.78, 5) is -1.02. The van der Waals surface area contributed by atoms with Crippen molar-refractivity contribution in [1.29, 1.82) is 0 Å². The monoisotopic (exact) mass is 365 g/mol. The molecule has 0 atom stereocenters. The maximum Gasteiger partial charge on any atom is 0.200 e. The molecule has 0 aromatic heterocycles. The van der Waals surface area contributed by atoms with Gasteiger partial charge in [0.15, 0.2) is 23.3 Å². The van der Waals surface area contributed by atoms with Crippen LogP contribution in [0.5, 0.6) is 0 Å². The van der Waals surface area contributed by atoms with Gasteiger partial charge in [0.2, 0.25) is 5.82 Å². The lowest BCUT2D eigenvalue weighted by Gasteiger charge is -2.25. The van der Waals surface area contributed by atoms with E-state index in [1.165, 1.54) is 22.5 Å². The summed E-state index contributed by atoms with van der Waals surface area (Å²) < 4.78 is 82.3. The highest BCUT2D eigenvalue weighted by Gasteiger charge is 2.28. The lowest BCUT2D eigenvalue weighted by molar-refractivity contribution is 0.352. The molecule has 0 aliphatic carbocycles. The molecule has 0 aliphatic heterocycles. The van der Waals surface area contributed by atoms with Crippen molar-refractivity contribution >= 4 is 11.9 Å². The topological polar surface area (TPSA) is 3.24 Å². The quantitative estimate of drug-likeness (QED) is 0.300. The van der Waals surface area contributed by atoms with E-state index in [0.29, 0.717) is 11.9 Å². The van der Waals surface area contributed by atoms with Gasteiger partial charge in [0, 0.05) is 18.2 Å². The van der Waals surface area contributed by atoms with Gasteiger partial charge in [0.05, 0.1) is 0 Å². The predicted molar refractivity (Wildman–Crippen MR) is 79.2 cm³/mol. The lowest BCUT2D eigenvalue weighted by atomic mass is 10.2. The summed E-state index contributed by atoms with van der Waals surface area (Å²) in [5.41, 5.74) is 0.238. The van der Waals surface area contributed by atoms with Crippen LogP contribution in [0.15, 0.2) is 29.2 Å². The van der Waals surface area contributed by atoms with E-state index >= 15 is 0 Å². The van der Waals surface area contributed by atoms with Crippen LogP contribution in [0.1, 0.15) is 19.4 Å². The molecule has 0 unspecified atom stereocenters. The van der Waals surface area contributed by atoms with Crippen LogP contribution in [0, 0.1) is 34.9 Å². The van der Waals surface area contributed by atoms with Crippen molar-refractivity contribution in [2.45, 2.75) is 31.3 Å². The van der Waals surface area contributed by atoms with E-state index in [4.69, 9.17) is 0 Å². The minimum Gasteiger partial charge on any atom is -0.239 e. The average molecular weight is 365 g/mol. The van der Waals surface area contributed by atoms with Gasteiger partial charge >= 0.3 is 0 Å². The van der Waals surface area contributed by atoms with Crippen molar-refractivity contribution in [2.75, 3.05) is 0 Å². The fraction of sp³-hybridized carbons (Fsp3) is 0.250. The molecule has 0 heterocycles. The molecule has 2 aromatic rings. The van der Waals surface area contributed by atoms with Crippen molar-refractivity contribution in [1.82, 2.24) is 4.31 Å². The molecule has 1 nitrogen and oxygen atoms in total. The summed E-state index contributed by atoms with van der Waals surface area (Å²) in [5, 5.41) is 0. The molecule has 0 N–H and O–H groups in total. The highest BCUT2D eigenvalue weighted by molar-refractivity contribution is 7.97. The van der Waals surface area contributed by atoms with E-state index in [9.17, 15) is 26.3 Å². The molecule has 0 aliphatic rings. The van der Waals surface area contributed by atoms with Crippen molar-refractivity contribution < 1.29 is 26.3 Å². The van der Waals surface area contributed by atoms with Gasteiger partial charge in [-0.05, 0) is 31.9 Å². The molecule has 8 heteroatoms. The first-order chi connectivity index (χ1) is 11.2. The molecule has 24 heavy (non-hydrogen) atoms. The minimum atomic E-state index is -2.21. The van der Waals surface area contributed by atoms with Crippen LogP contribution in [0.3, 0.4) is 0 Å². The third kappa shape index (κ3) is 3.70. The molecule has 0 saturated carbocycles. The fourth-order valence-corrected chi connectivity index (χ4v) is 2.89. The number of hydrogen-bond donors (Lipinski definition) is 0. The lowest BCUT2D eigenvalue weighted by Crippen LogP contribution is -2.24. The SMILES string of the molecule is CC(C)N(Cc1ccccc1F)Sc1c(F)c(F)c(F)c(F)c1F. The normalized spacial score (nSPS) is 11.6. The Morgan fingerprint density at radius 1 is 0.833 bits per heavy atom. The molecule has 0 saturated heterocycles. The molecule has 2 rings (SSSR count). The van der Waals surface area contributed by atoms with Crippen molar-refractivity contribution in [3.63, 3.8) is 0 Å². The molecular formula is C16H13F6NS. The summed E-state index contributed by atoms with van der Waals surface area (Å²) in [7, 11) is 0. The maximum atomic E-state index is 13.8. The Bertz CT molecular complexity index is 721. The number of nitrogens with zero attached hydrogens (tertiary/aromatic N) is 1. The first kappa shape index (κ1) is 18.7. The van der Waals surface area contributed by atoms with Crippen LogP contribution in [0.2, 0.25) is 0 Å². The number of rotatable bonds is 5. The van der Waals surface area contributed by atoms with Gasteiger partial charge in [-0.1, -0.05) is 18.2 Å². The average Bonchev–Trinajstić information content (AvgIpc) is 2.55. The second-order valence-corrected chi connectivity index (χ2v) is 6.31. The first-order valence-electron chi connectivity index (χ1n) is 6.93. The number of halogens is 6. The summed E-state index contributed by atoms with van der Waals surface area (Å²) in [6.45, 7) is 3.23. The Hall–Kier alpha value is -1.67. The molecular weight excluding hydrogens is 352 g/mol. The Balaban J connectivity index is 2.38. The Labute approximate surface area is 139 Å². The molecule has 130 valence electrons. The second kappa shape index (κ2) is 7.48. The van der Waals surface area contributed by atoms with Gasteiger partial charge < -0.3 is 0 Å². The van der Waals surface area contributed by atoms with Gasteiger partial charge in [-0.3, -0.25) is 0 Å². The van der Waals surface area contributed by atoms with Gasteiger partial charge in [0.25, 0.3) is 0 Å². The summed E-state index contributed by atoms with van der Waals surface area (Å²) in [6.07, 6.45) is 0. The summed E-state index contributed by atoms with van der Waals surface area (Å²) in [6, 6.07) is 5.40. The van der Waals surface area contributed by atoms with Gasteiger partial charge in [-0.2, -0.15) is 0 Å². The summed E-state index contributed by atoms with van der Waals surface area (Å²) >= 11 is 0.361. The van der Waals surface area contributed by atoms with E-state index in [1.807, 2.05) is 0 Å². The van der Waals surface area contributed by atoms with E-state index in [1.54, 1.807) is 19.9 Å². The van der Waals surface area contributed by atoms with Crippen LogP contribution in [0.4, 0.5) is 26.3 Å². The molecule has 0 spiro atoms. The first-order valence-corrected chi connectivity index (χ1v) is 7.70. The third-order valence-electron chi connectivity index (χ3n) is 3.24. The smallest absolute Gasteiger partial charge is 0.200 e. The third-order valence-corrected chi connectivity index (χ3v) is 4.56. The molecule has 0 amide bonds. The van der Waals surface area contributed by atoms with Crippen molar-refractivity contribution in [3.05, 3.63) is 64.7 Å². The van der Waals surface area contributed by atoms with Gasteiger partial charge in [-0.25, -0.2) is 30.6 Å². The number of benzene rings is 2. The number of hydrogen-bond acceptors (Lipinski definition) is 2. The standard InChI is InChI=1S/C16H13F6NS/c1-8(2)23(7-9-5-3-4-6-10(9)17)24-16-14(21)12(19)11(18)13(20)15(16)22/h3-6,8H,7H2,1-2H3. The van der Waals surface area contributed by atoms with E-state index in [-0.39, 0.29) is 18.2 Å². The molecule has 0 fully saturated rings. The Morgan fingerprint density at radius 2 is 1.33 bits per heavy atom. The Morgan fingerprint density at radius 3 is 1.83 bits per heavy atom. The largest absolute Gasteiger partial charge is 0.239 e. The van der Waals surface area contributed by atoms with Crippen molar-refractivity contribution in [2.24, 2.45) is 0 Å². The van der Waals surface area contributed by atoms with Crippen LogP contribution >= 0.6 is 11.9 Å². The van der Waals surface area contributed by atoms with Gasteiger partial charge in [-0.15, -0.1) is 0 Å². The van der Waals surface area contributed by atoms with Gasteiger partial charge in [0.1, 0.15) is 10.7 Å². The molecule has 2 aromatic carbocycles. The van der Waals surface area contributed by atoms with Crippen LogP contribution in [0.25, 0.3) is 0 Å².